The van der Waals surface area contributed by atoms with E-state index in [0.29, 0.717) is 18.2 Å². The Morgan fingerprint density at radius 1 is 1.38 bits per heavy atom. The summed E-state index contributed by atoms with van der Waals surface area (Å²) >= 11 is 1.55. The minimum absolute atomic E-state index is 0.00557. The number of pyridine rings is 1. The van der Waals surface area contributed by atoms with E-state index in [-0.39, 0.29) is 11.7 Å². The second-order valence-electron chi connectivity index (χ2n) is 4.36. The summed E-state index contributed by atoms with van der Waals surface area (Å²) in [5.74, 6) is 0.963. The fourth-order valence-corrected chi connectivity index (χ4v) is 2.66. The SMILES string of the molecule is CCNc1cc([N+](=O)[O-])cc(NC(CC)c2nccs2)n1. The lowest BCUT2D eigenvalue weighted by Crippen LogP contribution is -2.12. The molecule has 0 saturated heterocycles. The Morgan fingerprint density at radius 2 is 2.14 bits per heavy atom. The molecule has 2 heterocycles. The number of nitrogens with zero attached hydrogens (tertiary/aromatic N) is 3. The van der Waals surface area contributed by atoms with Crippen molar-refractivity contribution in [3.05, 3.63) is 38.8 Å². The van der Waals surface area contributed by atoms with Gasteiger partial charge in [-0.2, -0.15) is 0 Å². The van der Waals surface area contributed by atoms with E-state index in [1.165, 1.54) is 12.1 Å². The van der Waals surface area contributed by atoms with Crippen molar-refractivity contribution < 1.29 is 4.92 Å². The highest BCUT2D eigenvalue weighted by atomic mass is 32.1. The van der Waals surface area contributed by atoms with Crippen LogP contribution in [0.4, 0.5) is 17.3 Å². The van der Waals surface area contributed by atoms with E-state index in [9.17, 15) is 10.1 Å². The number of nitro groups is 1. The summed E-state index contributed by atoms with van der Waals surface area (Å²) in [6.45, 7) is 4.59. The van der Waals surface area contributed by atoms with E-state index in [1.54, 1.807) is 17.5 Å². The molecule has 0 saturated carbocycles. The molecule has 2 aromatic rings. The minimum Gasteiger partial charge on any atom is -0.370 e. The Kier molecular flexibility index (Phi) is 5.04. The fraction of sp³-hybridized carbons (Fsp3) is 0.385. The van der Waals surface area contributed by atoms with Crippen LogP contribution in [0.1, 0.15) is 31.3 Å². The van der Waals surface area contributed by atoms with Gasteiger partial charge in [-0.25, -0.2) is 9.97 Å². The Bertz CT molecular complexity index is 603. The van der Waals surface area contributed by atoms with Crippen molar-refractivity contribution in [3.8, 4) is 0 Å². The Hall–Kier alpha value is -2.22. The lowest BCUT2D eigenvalue weighted by Gasteiger charge is -2.15. The number of rotatable bonds is 7. The molecule has 0 amide bonds. The molecule has 0 bridgehead atoms. The molecule has 1 unspecified atom stereocenters. The van der Waals surface area contributed by atoms with Crippen LogP contribution in [-0.4, -0.2) is 21.4 Å². The molecule has 2 aromatic heterocycles. The first-order valence-corrected chi connectivity index (χ1v) is 7.58. The van der Waals surface area contributed by atoms with Crippen LogP contribution in [0.15, 0.2) is 23.7 Å². The molecule has 21 heavy (non-hydrogen) atoms. The van der Waals surface area contributed by atoms with Crippen molar-refractivity contribution in [1.29, 1.82) is 0 Å². The van der Waals surface area contributed by atoms with Gasteiger partial charge in [0.15, 0.2) is 0 Å². The Morgan fingerprint density at radius 3 is 2.71 bits per heavy atom. The van der Waals surface area contributed by atoms with Crippen LogP contribution < -0.4 is 10.6 Å². The largest absolute Gasteiger partial charge is 0.370 e. The lowest BCUT2D eigenvalue weighted by atomic mass is 10.2. The molecule has 2 N–H and O–H groups in total. The van der Waals surface area contributed by atoms with E-state index in [4.69, 9.17) is 0 Å². The second-order valence-corrected chi connectivity index (χ2v) is 5.28. The molecule has 112 valence electrons. The topological polar surface area (TPSA) is 93.0 Å². The highest BCUT2D eigenvalue weighted by Gasteiger charge is 2.16. The first-order chi connectivity index (χ1) is 10.1. The van der Waals surface area contributed by atoms with Gasteiger partial charge in [0.25, 0.3) is 5.69 Å². The molecule has 0 fully saturated rings. The average Bonchev–Trinajstić information content (AvgIpc) is 2.99. The van der Waals surface area contributed by atoms with Gasteiger partial charge in [-0.15, -0.1) is 11.3 Å². The van der Waals surface area contributed by atoms with Gasteiger partial charge in [0.2, 0.25) is 0 Å². The monoisotopic (exact) mass is 307 g/mol. The molecule has 0 aliphatic heterocycles. The van der Waals surface area contributed by atoms with Crippen molar-refractivity contribution >= 4 is 28.7 Å². The van der Waals surface area contributed by atoms with Gasteiger partial charge in [-0.1, -0.05) is 6.92 Å². The maximum absolute atomic E-state index is 11.0. The van der Waals surface area contributed by atoms with Gasteiger partial charge in [0.05, 0.1) is 23.1 Å². The first kappa shape index (κ1) is 15.2. The average molecular weight is 307 g/mol. The zero-order valence-corrected chi connectivity index (χ0v) is 12.7. The molecule has 0 aliphatic rings. The van der Waals surface area contributed by atoms with Crippen molar-refractivity contribution in [3.63, 3.8) is 0 Å². The summed E-state index contributed by atoms with van der Waals surface area (Å²) in [7, 11) is 0. The molecule has 8 heteroatoms. The molecule has 0 aromatic carbocycles. The van der Waals surface area contributed by atoms with E-state index < -0.39 is 4.92 Å². The van der Waals surface area contributed by atoms with Gasteiger partial charge in [0, 0.05) is 18.1 Å². The summed E-state index contributed by atoms with van der Waals surface area (Å²) in [6.07, 6.45) is 2.56. The van der Waals surface area contributed by atoms with Gasteiger partial charge in [0.1, 0.15) is 16.6 Å². The predicted molar refractivity (Wildman–Crippen MR) is 83.8 cm³/mol. The molecular formula is C13H17N5O2S. The molecular weight excluding hydrogens is 290 g/mol. The van der Waals surface area contributed by atoms with Crippen LogP contribution in [-0.2, 0) is 0 Å². The highest BCUT2D eigenvalue weighted by molar-refractivity contribution is 7.09. The lowest BCUT2D eigenvalue weighted by molar-refractivity contribution is -0.384. The summed E-state index contributed by atoms with van der Waals surface area (Å²) < 4.78 is 0. The molecule has 0 radical (unpaired) electrons. The third-order valence-corrected chi connectivity index (χ3v) is 3.75. The third-order valence-electron chi connectivity index (χ3n) is 2.86. The van der Waals surface area contributed by atoms with Crippen molar-refractivity contribution in [2.45, 2.75) is 26.3 Å². The number of hydrogen-bond donors (Lipinski definition) is 2. The summed E-state index contributed by atoms with van der Waals surface area (Å²) in [5, 5.41) is 20.1. The minimum atomic E-state index is -0.419. The van der Waals surface area contributed by atoms with E-state index in [2.05, 4.69) is 20.6 Å². The van der Waals surface area contributed by atoms with Crippen molar-refractivity contribution in [2.24, 2.45) is 0 Å². The smallest absolute Gasteiger partial charge is 0.276 e. The van der Waals surface area contributed by atoms with Crippen molar-refractivity contribution in [2.75, 3.05) is 17.2 Å². The van der Waals surface area contributed by atoms with Crippen molar-refractivity contribution in [1.82, 2.24) is 9.97 Å². The first-order valence-electron chi connectivity index (χ1n) is 6.70. The van der Waals surface area contributed by atoms with Gasteiger partial charge in [-0.3, -0.25) is 10.1 Å². The number of thiazole rings is 1. The maximum Gasteiger partial charge on any atom is 0.276 e. The molecule has 0 aliphatic carbocycles. The standard InChI is InChI=1S/C13H17N5O2S/c1-3-10(13-15-5-6-21-13)16-12-8-9(18(19)20)7-11(17-12)14-4-2/h5-8,10H,3-4H2,1-2H3,(H2,14,16,17). The summed E-state index contributed by atoms with van der Waals surface area (Å²) in [5.41, 5.74) is 0.0115. The van der Waals surface area contributed by atoms with Crippen LogP contribution >= 0.6 is 11.3 Å². The summed E-state index contributed by atoms with van der Waals surface area (Å²) in [6, 6.07) is 2.87. The van der Waals surface area contributed by atoms with E-state index in [0.717, 1.165) is 11.4 Å². The Balaban J connectivity index is 2.27. The molecule has 1 atom stereocenters. The van der Waals surface area contributed by atoms with Gasteiger partial charge < -0.3 is 10.6 Å². The molecule has 0 spiro atoms. The number of nitrogens with one attached hydrogen (secondary N) is 2. The van der Waals surface area contributed by atoms with Crippen LogP contribution in [0.2, 0.25) is 0 Å². The zero-order chi connectivity index (χ0) is 15.2. The maximum atomic E-state index is 11.0. The predicted octanol–water partition coefficient (Wildman–Crippen LogP) is 3.44. The number of anilines is 2. The second kappa shape index (κ2) is 6.98. The summed E-state index contributed by atoms with van der Waals surface area (Å²) in [4.78, 5) is 19.2. The Labute approximate surface area is 126 Å². The quantitative estimate of drug-likeness (QED) is 0.601. The zero-order valence-electron chi connectivity index (χ0n) is 11.9. The molecule has 2 rings (SSSR count). The fourth-order valence-electron chi connectivity index (χ4n) is 1.89. The van der Waals surface area contributed by atoms with Crippen LogP contribution in [0, 0.1) is 10.1 Å². The van der Waals surface area contributed by atoms with Crippen LogP contribution in [0.5, 0.6) is 0 Å². The number of aromatic nitrogens is 2. The van der Waals surface area contributed by atoms with E-state index in [1.807, 2.05) is 19.2 Å². The number of hydrogen-bond acceptors (Lipinski definition) is 7. The van der Waals surface area contributed by atoms with Crippen LogP contribution in [0.25, 0.3) is 0 Å². The highest BCUT2D eigenvalue weighted by Crippen LogP contribution is 2.26. The van der Waals surface area contributed by atoms with Gasteiger partial charge >= 0.3 is 0 Å². The van der Waals surface area contributed by atoms with Gasteiger partial charge in [-0.05, 0) is 13.3 Å². The van der Waals surface area contributed by atoms with Crippen LogP contribution in [0.3, 0.4) is 0 Å². The third kappa shape index (κ3) is 3.88. The molecule has 7 nitrogen and oxygen atoms in total. The normalized spacial score (nSPS) is 11.9. The van der Waals surface area contributed by atoms with E-state index >= 15 is 0 Å².